The van der Waals surface area contributed by atoms with Crippen molar-refractivity contribution in [2.24, 2.45) is 0 Å². The van der Waals surface area contributed by atoms with Crippen molar-refractivity contribution in [1.82, 2.24) is 29.8 Å². The van der Waals surface area contributed by atoms with Crippen molar-refractivity contribution in [3.63, 3.8) is 0 Å². The average molecular weight is 448 g/mol. The maximum absolute atomic E-state index is 6.11. The predicted octanol–water partition coefficient (Wildman–Crippen LogP) is 3.54. The number of H-pyrrole nitrogens is 1. The van der Waals surface area contributed by atoms with Crippen LogP contribution in [0, 0.1) is 0 Å². The molecule has 3 aliphatic rings. The van der Waals surface area contributed by atoms with Crippen molar-refractivity contribution in [2.75, 3.05) is 25.1 Å². The van der Waals surface area contributed by atoms with Crippen LogP contribution in [-0.2, 0) is 6.54 Å². The van der Waals surface area contributed by atoms with Crippen molar-refractivity contribution in [3.05, 3.63) is 59.8 Å². The SMILES string of the molecule is COc1ccc(CN2C3CC2CN(c2ccc(-c4nc(Cl)nc5[nH]ccc45)cn2)C3)cn1. The van der Waals surface area contributed by atoms with E-state index < -0.39 is 0 Å². The second-order valence-corrected chi connectivity index (χ2v) is 8.65. The monoisotopic (exact) mass is 447 g/mol. The van der Waals surface area contributed by atoms with Gasteiger partial charge in [-0.1, -0.05) is 6.07 Å². The first-order chi connectivity index (χ1) is 15.7. The largest absolute Gasteiger partial charge is 0.481 e. The average Bonchev–Trinajstić information content (AvgIpc) is 3.31. The fourth-order valence-electron chi connectivity index (χ4n) is 4.82. The van der Waals surface area contributed by atoms with E-state index in [0.29, 0.717) is 18.0 Å². The number of pyridine rings is 2. The number of halogens is 1. The van der Waals surface area contributed by atoms with Crippen molar-refractivity contribution in [1.29, 1.82) is 0 Å². The van der Waals surface area contributed by atoms with Gasteiger partial charge in [0.1, 0.15) is 11.5 Å². The summed E-state index contributed by atoms with van der Waals surface area (Å²) < 4.78 is 5.16. The zero-order chi connectivity index (χ0) is 21.7. The van der Waals surface area contributed by atoms with Gasteiger partial charge in [0.2, 0.25) is 11.2 Å². The standard InChI is InChI=1S/C23H22ClN7O/c1-32-20-5-2-14(9-27-20)11-31-16-8-17(31)13-30(12-16)19-4-3-15(10-26-19)21-18-6-7-25-22(18)29-23(24)28-21/h2-7,9-10,16-17H,8,11-13H2,1H3,(H,25,28,29). The molecular formula is C23H22ClN7O. The second-order valence-electron chi connectivity index (χ2n) is 8.32. The Morgan fingerprint density at radius 3 is 2.66 bits per heavy atom. The van der Waals surface area contributed by atoms with Gasteiger partial charge in [0.25, 0.3) is 0 Å². The maximum Gasteiger partial charge on any atom is 0.224 e. The van der Waals surface area contributed by atoms with Gasteiger partial charge >= 0.3 is 0 Å². The zero-order valence-corrected chi connectivity index (χ0v) is 18.3. The van der Waals surface area contributed by atoms with Crippen molar-refractivity contribution < 1.29 is 4.74 Å². The number of methoxy groups -OCH3 is 1. The molecular weight excluding hydrogens is 426 g/mol. The third kappa shape index (κ3) is 3.36. The molecule has 2 bridgehead atoms. The van der Waals surface area contributed by atoms with Crippen LogP contribution in [0.5, 0.6) is 5.88 Å². The lowest BCUT2D eigenvalue weighted by Gasteiger charge is -2.56. The molecule has 8 nitrogen and oxygen atoms in total. The first kappa shape index (κ1) is 19.5. The fraction of sp³-hybridized carbons (Fsp3) is 0.304. The molecule has 0 aliphatic carbocycles. The molecule has 0 spiro atoms. The Hall–Kier alpha value is -3.23. The molecule has 3 aliphatic heterocycles. The molecule has 7 rings (SSSR count). The van der Waals surface area contributed by atoms with Gasteiger partial charge in [-0.05, 0) is 41.8 Å². The molecule has 9 heteroatoms. The van der Waals surface area contributed by atoms with E-state index in [1.54, 1.807) is 7.11 Å². The summed E-state index contributed by atoms with van der Waals surface area (Å²) in [5.74, 6) is 1.65. The molecule has 0 radical (unpaired) electrons. The van der Waals surface area contributed by atoms with Crippen LogP contribution in [0.1, 0.15) is 12.0 Å². The molecule has 7 heterocycles. The fourth-order valence-corrected chi connectivity index (χ4v) is 4.98. The summed E-state index contributed by atoms with van der Waals surface area (Å²) in [6.45, 7) is 2.88. The molecule has 0 aromatic carbocycles. The molecule has 162 valence electrons. The number of fused-ring (bicyclic) bond motifs is 3. The van der Waals surface area contributed by atoms with E-state index in [-0.39, 0.29) is 5.28 Å². The van der Waals surface area contributed by atoms with E-state index >= 15 is 0 Å². The van der Waals surface area contributed by atoms with Gasteiger partial charge in [-0.25, -0.2) is 15.0 Å². The molecule has 2 unspecified atom stereocenters. The van der Waals surface area contributed by atoms with Crippen LogP contribution in [0.2, 0.25) is 5.28 Å². The molecule has 32 heavy (non-hydrogen) atoms. The molecule has 4 aromatic rings. The van der Waals surface area contributed by atoms with E-state index in [0.717, 1.165) is 47.7 Å². The highest BCUT2D eigenvalue weighted by Crippen LogP contribution is 2.36. The van der Waals surface area contributed by atoms with E-state index in [1.807, 2.05) is 30.7 Å². The lowest BCUT2D eigenvalue weighted by Crippen LogP contribution is -2.68. The highest BCUT2D eigenvalue weighted by molar-refractivity contribution is 6.28. The summed E-state index contributed by atoms with van der Waals surface area (Å²) in [5, 5.41) is 1.16. The number of hydrogen-bond donors (Lipinski definition) is 1. The quantitative estimate of drug-likeness (QED) is 0.468. The number of hydrogen-bond acceptors (Lipinski definition) is 7. The predicted molar refractivity (Wildman–Crippen MR) is 123 cm³/mol. The van der Waals surface area contributed by atoms with Crippen LogP contribution < -0.4 is 9.64 Å². The number of aromatic amines is 1. The molecule has 4 aromatic heterocycles. The Morgan fingerprint density at radius 2 is 1.94 bits per heavy atom. The highest BCUT2D eigenvalue weighted by atomic mass is 35.5. The Kier molecular flexibility index (Phi) is 4.69. The first-order valence-electron chi connectivity index (χ1n) is 10.6. The third-order valence-corrected chi connectivity index (χ3v) is 6.62. The number of aromatic nitrogens is 5. The minimum atomic E-state index is 0.224. The lowest BCUT2D eigenvalue weighted by molar-refractivity contribution is -0.00876. The Morgan fingerprint density at radius 1 is 1.06 bits per heavy atom. The van der Waals surface area contributed by atoms with Crippen LogP contribution >= 0.6 is 11.6 Å². The Labute approximate surface area is 190 Å². The van der Waals surface area contributed by atoms with E-state index in [1.165, 1.54) is 12.0 Å². The van der Waals surface area contributed by atoms with Crippen LogP contribution in [0.15, 0.2) is 48.9 Å². The van der Waals surface area contributed by atoms with E-state index in [9.17, 15) is 0 Å². The minimum Gasteiger partial charge on any atom is -0.481 e. The zero-order valence-electron chi connectivity index (χ0n) is 17.6. The van der Waals surface area contributed by atoms with Gasteiger partial charge in [-0.15, -0.1) is 0 Å². The smallest absolute Gasteiger partial charge is 0.224 e. The van der Waals surface area contributed by atoms with Gasteiger partial charge in [0.15, 0.2) is 0 Å². The minimum absolute atomic E-state index is 0.224. The van der Waals surface area contributed by atoms with Crippen LogP contribution in [0.25, 0.3) is 22.3 Å². The second kappa shape index (κ2) is 7.72. The summed E-state index contributed by atoms with van der Waals surface area (Å²) in [4.78, 5) is 25.8. The van der Waals surface area contributed by atoms with Crippen molar-refractivity contribution in [3.8, 4) is 17.1 Å². The first-order valence-corrected chi connectivity index (χ1v) is 11.0. The number of ether oxygens (including phenoxy) is 1. The third-order valence-electron chi connectivity index (χ3n) is 6.45. The molecule has 0 saturated carbocycles. The number of piperazine rings is 1. The van der Waals surface area contributed by atoms with Gasteiger partial charge < -0.3 is 14.6 Å². The summed E-state index contributed by atoms with van der Waals surface area (Å²) in [6.07, 6.45) is 6.87. The molecule has 3 fully saturated rings. The van der Waals surface area contributed by atoms with Crippen molar-refractivity contribution >= 4 is 28.5 Å². The number of anilines is 1. The normalized spacial score (nSPS) is 20.4. The molecule has 1 N–H and O–H groups in total. The van der Waals surface area contributed by atoms with Crippen molar-refractivity contribution in [2.45, 2.75) is 25.0 Å². The summed E-state index contributed by atoms with van der Waals surface area (Å²) in [7, 11) is 1.64. The summed E-state index contributed by atoms with van der Waals surface area (Å²) in [6, 6.07) is 11.2. The van der Waals surface area contributed by atoms with Gasteiger partial charge in [-0.3, -0.25) is 4.90 Å². The molecule has 3 saturated heterocycles. The maximum atomic E-state index is 6.11. The topological polar surface area (TPSA) is 83.1 Å². The van der Waals surface area contributed by atoms with Crippen LogP contribution in [-0.4, -0.2) is 62.1 Å². The number of piperidine rings is 1. The van der Waals surface area contributed by atoms with Crippen LogP contribution in [0.3, 0.4) is 0 Å². The molecule has 0 amide bonds. The van der Waals surface area contributed by atoms with E-state index in [2.05, 4.69) is 47.9 Å². The van der Waals surface area contributed by atoms with Gasteiger partial charge in [0.05, 0.1) is 12.8 Å². The Balaban J connectivity index is 1.16. The number of nitrogens with one attached hydrogen (secondary N) is 1. The molecule has 2 atom stereocenters. The summed E-state index contributed by atoms with van der Waals surface area (Å²) >= 11 is 6.11. The van der Waals surface area contributed by atoms with Gasteiger partial charge in [0, 0.05) is 67.3 Å². The van der Waals surface area contributed by atoms with Gasteiger partial charge in [-0.2, -0.15) is 4.98 Å². The van der Waals surface area contributed by atoms with Crippen LogP contribution in [0.4, 0.5) is 5.82 Å². The summed E-state index contributed by atoms with van der Waals surface area (Å²) in [5.41, 5.74) is 3.67. The highest BCUT2D eigenvalue weighted by Gasteiger charge is 2.44. The number of nitrogens with zero attached hydrogens (tertiary/aromatic N) is 6. The van der Waals surface area contributed by atoms with E-state index in [4.69, 9.17) is 21.3 Å². The number of rotatable bonds is 5. The lowest BCUT2D eigenvalue weighted by atomic mass is 9.87. The Bertz CT molecular complexity index is 1250.